The number of aromatic nitrogens is 1. The number of amides is 1. The number of rotatable bonds is 6. The van der Waals surface area contributed by atoms with Gasteiger partial charge in [-0.1, -0.05) is 30.3 Å². The van der Waals surface area contributed by atoms with Gasteiger partial charge < -0.3 is 20.4 Å². The highest BCUT2D eigenvalue weighted by atomic mass is 16.4. The van der Waals surface area contributed by atoms with Crippen LogP contribution < -0.4 is 10.2 Å². The van der Waals surface area contributed by atoms with Crippen LogP contribution in [0.4, 0.5) is 5.82 Å². The molecule has 28 heavy (non-hydrogen) atoms. The minimum absolute atomic E-state index is 0.173. The summed E-state index contributed by atoms with van der Waals surface area (Å²) in [6.45, 7) is 3.02. The number of aliphatic carboxylic acids is 1. The summed E-state index contributed by atoms with van der Waals surface area (Å²) < 4.78 is 0. The zero-order chi connectivity index (χ0) is 20.1. The average Bonchev–Trinajstić information content (AvgIpc) is 2.70. The van der Waals surface area contributed by atoms with Gasteiger partial charge in [0, 0.05) is 25.8 Å². The Labute approximate surface area is 164 Å². The van der Waals surface area contributed by atoms with Crippen molar-refractivity contribution in [1.29, 1.82) is 0 Å². The highest BCUT2D eigenvalue weighted by Crippen LogP contribution is 2.37. The van der Waals surface area contributed by atoms with Gasteiger partial charge in [0.1, 0.15) is 11.2 Å². The van der Waals surface area contributed by atoms with E-state index in [0.29, 0.717) is 30.9 Å². The van der Waals surface area contributed by atoms with Crippen molar-refractivity contribution in [2.24, 2.45) is 5.41 Å². The van der Waals surface area contributed by atoms with Crippen LogP contribution in [0, 0.1) is 5.41 Å². The van der Waals surface area contributed by atoms with Crippen LogP contribution in [-0.4, -0.2) is 52.8 Å². The minimum atomic E-state index is -1.22. The number of β-amino-alcohol motifs (C(OH)–C–C–N with tert-alkyl or cyclic N) is 1. The van der Waals surface area contributed by atoms with Gasteiger partial charge in [-0.3, -0.25) is 9.59 Å². The highest BCUT2D eigenvalue weighted by Gasteiger charge is 2.48. The van der Waals surface area contributed by atoms with Gasteiger partial charge in [-0.15, -0.1) is 0 Å². The van der Waals surface area contributed by atoms with Crippen LogP contribution in [0.25, 0.3) is 0 Å². The van der Waals surface area contributed by atoms with Crippen LogP contribution in [-0.2, 0) is 11.2 Å². The molecule has 1 saturated heterocycles. The molecule has 148 valence electrons. The van der Waals surface area contributed by atoms with Crippen molar-refractivity contribution in [3.63, 3.8) is 0 Å². The zero-order valence-electron chi connectivity index (χ0n) is 15.8. The molecule has 1 aromatic heterocycles. The molecule has 7 heteroatoms. The summed E-state index contributed by atoms with van der Waals surface area (Å²) in [6.07, 6.45) is 1.04. The Kier molecular flexibility index (Phi) is 5.94. The number of benzene rings is 1. The van der Waals surface area contributed by atoms with Crippen LogP contribution in [0.3, 0.4) is 0 Å². The van der Waals surface area contributed by atoms with Gasteiger partial charge in [0.05, 0.1) is 11.7 Å². The van der Waals surface area contributed by atoms with Crippen molar-refractivity contribution >= 4 is 17.7 Å². The van der Waals surface area contributed by atoms with Crippen LogP contribution in [0.1, 0.15) is 29.3 Å². The first-order chi connectivity index (χ1) is 13.5. The molecule has 1 aliphatic rings. The molecule has 0 saturated carbocycles. The molecule has 0 aliphatic carbocycles. The summed E-state index contributed by atoms with van der Waals surface area (Å²) in [5.74, 6) is -0.554. The third kappa shape index (κ3) is 3.99. The maximum Gasteiger partial charge on any atom is 0.312 e. The molecule has 1 aromatic carbocycles. The number of aliphatic hydroxyl groups excluding tert-OH is 1. The second-order valence-corrected chi connectivity index (χ2v) is 7.10. The van der Waals surface area contributed by atoms with Crippen LogP contribution in [0.5, 0.6) is 0 Å². The summed E-state index contributed by atoms with van der Waals surface area (Å²) in [7, 11) is 0. The lowest BCUT2D eigenvalue weighted by atomic mass is 9.71. The third-order valence-electron chi connectivity index (χ3n) is 5.32. The first kappa shape index (κ1) is 19.8. The Morgan fingerprint density at radius 1 is 1.25 bits per heavy atom. The maximum absolute atomic E-state index is 12.1. The van der Waals surface area contributed by atoms with Crippen molar-refractivity contribution in [3.8, 4) is 0 Å². The third-order valence-corrected chi connectivity index (χ3v) is 5.32. The molecule has 3 rings (SSSR count). The zero-order valence-corrected chi connectivity index (χ0v) is 15.8. The van der Waals surface area contributed by atoms with Crippen molar-refractivity contribution in [3.05, 3.63) is 59.8 Å². The molecule has 0 bridgehead atoms. The quantitative estimate of drug-likeness (QED) is 0.702. The van der Waals surface area contributed by atoms with Crippen LogP contribution >= 0.6 is 0 Å². The molecular formula is C21H25N3O4. The van der Waals surface area contributed by atoms with E-state index < -0.39 is 17.5 Å². The Morgan fingerprint density at radius 2 is 2.00 bits per heavy atom. The molecule has 2 atom stereocenters. The second-order valence-electron chi connectivity index (χ2n) is 7.10. The molecule has 1 aliphatic heterocycles. The number of anilines is 1. The van der Waals surface area contributed by atoms with Gasteiger partial charge in [-0.05, 0) is 37.5 Å². The number of piperidine rings is 1. The van der Waals surface area contributed by atoms with Crippen LogP contribution in [0.15, 0.2) is 48.7 Å². The molecule has 3 N–H and O–H groups in total. The fourth-order valence-electron chi connectivity index (χ4n) is 3.65. The number of hydrogen-bond donors (Lipinski definition) is 3. The number of pyridine rings is 1. The fourth-order valence-corrected chi connectivity index (χ4v) is 3.65. The van der Waals surface area contributed by atoms with Gasteiger partial charge in [0.25, 0.3) is 5.91 Å². The molecule has 1 fully saturated rings. The van der Waals surface area contributed by atoms with E-state index >= 15 is 0 Å². The Balaban J connectivity index is 1.74. The number of carbonyl (C=O) groups excluding carboxylic acids is 1. The minimum Gasteiger partial charge on any atom is -0.481 e. The van der Waals surface area contributed by atoms with Gasteiger partial charge in [-0.25, -0.2) is 4.98 Å². The van der Waals surface area contributed by atoms with E-state index in [4.69, 9.17) is 0 Å². The Bertz CT molecular complexity index is 825. The standard InChI is InChI=1S/C21H25N3O4/c1-2-22-19(26)16-8-9-18(23-13-16)24-11-10-21(20(27)28,17(25)14-24)12-15-6-4-3-5-7-15/h3-9,13,17,25H,2,10-12,14H2,1H3,(H,22,26)(H,27,28)/t17-,21-/m1/s1. The molecule has 2 heterocycles. The van der Waals surface area contributed by atoms with Crippen molar-refractivity contribution in [2.75, 3.05) is 24.5 Å². The van der Waals surface area contributed by atoms with Gasteiger partial charge in [0.2, 0.25) is 0 Å². The highest BCUT2D eigenvalue weighted by molar-refractivity contribution is 5.94. The summed E-state index contributed by atoms with van der Waals surface area (Å²) in [5.41, 5.74) is 0.132. The predicted octanol–water partition coefficient (Wildman–Crippen LogP) is 1.72. The first-order valence-corrected chi connectivity index (χ1v) is 9.41. The number of carboxylic acids is 1. The summed E-state index contributed by atoms with van der Waals surface area (Å²) in [6, 6.07) is 12.8. The average molecular weight is 383 g/mol. The van der Waals surface area contributed by atoms with Crippen molar-refractivity contribution in [1.82, 2.24) is 10.3 Å². The normalized spacial score (nSPS) is 21.9. The lowest BCUT2D eigenvalue weighted by Crippen LogP contribution is -2.56. The van der Waals surface area contributed by atoms with Crippen molar-refractivity contribution in [2.45, 2.75) is 25.9 Å². The summed E-state index contributed by atoms with van der Waals surface area (Å²) >= 11 is 0. The van der Waals surface area contributed by atoms with E-state index in [1.807, 2.05) is 42.2 Å². The van der Waals surface area contributed by atoms with Crippen molar-refractivity contribution < 1.29 is 19.8 Å². The Morgan fingerprint density at radius 3 is 2.57 bits per heavy atom. The first-order valence-electron chi connectivity index (χ1n) is 9.41. The van der Waals surface area contributed by atoms with E-state index in [2.05, 4.69) is 10.3 Å². The van der Waals surface area contributed by atoms with E-state index in [1.165, 1.54) is 6.20 Å². The van der Waals surface area contributed by atoms with Gasteiger partial charge >= 0.3 is 5.97 Å². The topological polar surface area (TPSA) is 103 Å². The summed E-state index contributed by atoms with van der Waals surface area (Å²) in [4.78, 5) is 30.1. The van der Waals surface area contributed by atoms with Gasteiger partial charge in [0.15, 0.2) is 0 Å². The lowest BCUT2D eigenvalue weighted by molar-refractivity contribution is -0.158. The second kappa shape index (κ2) is 8.39. The smallest absolute Gasteiger partial charge is 0.312 e. The Hall–Kier alpha value is -2.93. The molecular weight excluding hydrogens is 358 g/mol. The number of hydrogen-bond acceptors (Lipinski definition) is 5. The van der Waals surface area contributed by atoms with Gasteiger partial charge in [-0.2, -0.15) is 0 Å². The molecule has 2 aromatic rings. The van der Waals surface area contributed by atoms with E-state index in [9.17, 15) is 19.8 Å². The molecule has 0 unspecified atom stereocenters. The number of nitrogens with zero attached hydrogens (tertiary/aromatic N) is 2. The maximum atomic E-state index is 12.1. The largest absolute Gasteiger partial charge is 0.481 e. The number of aliphatic hydroxyl groups is 1. The molecule has 1 amide bonds. The lowest BCUT2D eigenvalue weighted by Gasteiger charge is -2.43. The number of nitrogens with one attached hydrogen (secondary N) is 1. The number of carbonyl (C=O) groups is 2. The number of carboxylic acid groups (broad SMARTS) is 1. The predicted molar refractivity (Wildman–Crippen MR) is 105 cm³/mol. The molecule has 0 radical (unpaired) electrons. The monoisotopic (exact) mass is 383 g/mol. The fraction of sp³-hybridized carbons (Fsp3) is 0.381. The SMILES string of the molecule is CCNC(=O)c1ccc(N2CC[C@](Cc3ccccc3)(C(=O)O)[C@H](O)C2)nc1. The summed E-state index contributed by atoms with van der Waals surface area (Å²) in [5, 5.41) is 23.4. The molecule has 0 spiro atoms. The van der Waals surface area contributed by atoms with E-state index in [-0.39, 0.29) is 18.9 Å². The molecule has 7 nitrogen and oxygen atoms in total. The van der Waals surface area contributed by atoms with E-state index in [1.54, 1.807) is 12.1 Å². The van der Waals surface area contributed by atoms with E-state index in [0.717, 1.165) is 5.56 Å². The van der Waals surface area contributed by atoms with Crippen LogP contribution in [0.2, 0.25) is 0 Å².